The molecule has 0 fully saturated rings. The van der Waals surface area contributed by atoms with E-state index in [1.54, 1.807) is 24.3 Å². The fourth-order valence-corrected chi connectivity index (χ4v) is 4.62. The summed E-state index contributed by atoms with van der Waals surface area (Å²) in [6.07, 6.45) is 0. The number of aryl methyl sites for hydroxylation is 2. The molecule has 0 aromatic heterocycles. The highest BCUT2D eigenvalue weighted by Crippen LogP contribution is 2.43. The first-order valence-corrected chi connectivity index (χ1v) is 10.3. The molecular weight excluding hydrogens is 402 g/mol. The van der Waals surface area contributed by atoms with E-state index < -0.39 is 0 Å². The second-order valence-corrected chi connectivity index (χ2v) is 8.33. The Morgan fingerprint density at radius 2 is 1.52 bits per heavy atom. The third-order valence-corrected chi connectivity index (χ3v) is 6.16. The quantitative estimate of drug-likeness (QED) is 0.484. The van der Waals surface area contributed by atoms with E-state index in [2.05, 4.69) is 0 Å². The summed E-state index contributed by atoms with van der Waals surface area (Å²) in [5.41, 5.74) is 3.63. The van der Waals surface area contributed by atoms with E-state index in [1.807, 2.05) is 62.4 Å². The molecule has 3 aromatic rings. The van der Waals surface area contributed by atoms with Gasteiger partial charge in [-0.3, -0.25) is 9.59 Å². The maximum absolute atomic E-state index is 13.5. The van der Waals surface area contributed by atoms with Gasteiger partial charge < -0.3 is 0 Å². The van der Waals surface area contributed by atoms with Gasteiger partial charge in [-0.15, -0.1) is 0 Å². The number of hydrogen-bond acceptors (Lipinski definition) is 3. The molecule has 144 valence electrons. The summed E-state index contributed by atoms with van der Waals surface area (Å²) >= 11 is 7.62. The van der Waals surface area contributed by atoms with Crippen LogP contribution in [-0.4, -0.2) is 11.8 Å². The smallest absolute Gasteiger partial charge is 0.268 e. The van der Waals surface area contributed by atoms with Gasteiger partial charge in [-0.25, -0.2) is 4.90 Å². The van der Waals surface area contributed by atoms with Gasteiger partial charge in [0.1, 0.15) is 0 Å². The zero-order valence-electron chi connectivity index (χ0n) is 16.0. The fraction of sp³-hybridized carbons (Fsp3) is 0.0833. The minimum atomic E-state index is -0.355. The number of carbonyl (C=O) groups is 2. The monoisotopic (exact) mass is 419 g/mol. The molecule has 0 radical (unpaired) electrons. The highest BCUT2D eigenvalue weighted by molar-refractivity contribution is 8.04. The number of carbonyl (C=O) groups excluding carboxylic acids is 2. The van der Waals surface area contributed by atoms with Gasteiger partial charge in [-0.1, -0.05) is 77.5 Å². The first-order chi connectivity index (χ1) is 14.0. The standard InChI is InChI=1S/C24H18ClNO2S/c1-15-12-13-18(16(2)14-15)21-22(29-17-8-4-3-5-9-17)24(28)26(23(21)27)20-11-7-6-10-19(20)25/h3-14H,1-2H3. The number of rotatable bonds is 4. The number of para-hydroxylation sites is 1. The summed E-state index contributed by atoms with van der Waals surface area (Å²) < 4.78 is 0. The van der Waals surface area contributed by atoms with Gasteiger partial charge in [0.2, 0.25) is 0 Å². The molecule has 0 spiro atoms. The van der Waals surface area contributed by atoms with E-state index in [1.165, 1.54) is 16.7 Å². The lowest BCUT2D eigenvalue weighted by Gasteiger charge is -2.16. The number of amides is 2. The van der Waals surface area contributed by atoms with Crippen molar-refractivity contribution >= 4 is 46.4 Å². The van der Waals surface area contributed by atoms with Crippen molar-refractivity contribution < 1.29 is 9.59 Å². The molecule has 3 aromatic carbocycles. The average Bonchev–Trinajstić information content (AvgIpc) is 2.93. The van der Waals surface area contributed by atoms with Crippen LogP contribution in [-0.2, 0) is 9.59 Å². The molecule has 1 heterocycles. The molecule has 0 unspecified atom stereocenters. The van der Waals surface area contributed by atoms with Gasteiger partial charge in [-0.2, -0.15) is 0 Å². The SMILES string of the molecule is Cc1ccc(C2=C(Sc3ccccc3)C(=O)N(c3ccccc3Cl)C2=O)c(C)c1. The normalized spacial score (nSPS) is 14.1. The topological polar surface area (TPSA) is 37.4 Å². The van der Waals surface area contributed by atoms with Crippen LogP contribution in [0.25, 0.3) is 5.57 Å². The average molecular weight is 420 g/mol. The van der Waals surface area contributed by atoms with Crippen LogP contribution in [0.1, 0.15) is 16.7 Å². The van der Waals surface area contributed by atoms with E-state index in [0.29, 0.717) is 21.2 Å². The van der Waals surface area contributed by atoms with Crippen molar-refractivity contribution in [3.05, 3.63) is 99.4 Å². The predicted molar refractivity (Wildman–Crippen MR) is 119 cm³/mol. The third kappa shape index (κ3) is 3.61. The van der Waals surface area contributed by atoms with Crippen molar-refractivity contribution in [2.24, 2.45) is 0 Å². The van der Waals surface area contributed by atoms with E-state index in [-0.39, 0.29) is 11.8 Å². The predicted octanol–water partition coefficient (Wildman–Crippen LogP) is 6.03. The van der Waals surface area contributed by atoms with Gasteiger partial charge in [0, 0.05) is 4.90 Å². The zero-order chi connectivity index (χ0) is 20.5. The second-order valence-electron chi connectivity index (χ2n) is 6.83. The molecule has 3 nitrogen and oxygen atoms in total. The number of hydrogen-bond donors (Lipinski definition) is 0. The molecule has 0 bridgehead atoms. The van der Waals surface area contributed by atoms with Crippen LogP contribution in [0.5, 0.6) is 0 Å². The van der Waals surface area contributed by atoms with E-state index >= 15 is 0 Å². The number of anilines is 1. The Balaban J connectivity index is 1.88. The van der Waals surface area contributed by atoms with Crippen molar-refractivity contribution in [2.45, 2.75) is 18.7 Å². The first kappa shape index (κ1) is 19.5. The highest BCUT2D eigenvalue weighted by Gasteiger charge is 2.41. The number of imide groups is 1. The number of nitrogens with zero attached hydrogens (tertiary/aromatic N) is 1. The van der Waals surface area contributed by atoms with Crippen molar-refractivity contribution in [1.29, 1.82) is 0 Å². The van der Waals surface area contributed by atoms with Gasteiger partial charge in [0.05, 0.1) is 21.2 Å². The molecule has 0 N–H and O–H groups in total. The molecule has 2 amide bonds. The Bertz CT molecular complexity index is 1150. The van der Waals surface area contributed by atoms with E-state index in [4.69, 9.17) is 11.6 Å². The number of thioether (sulfide) groups is 1. The Morgan fingerprint density at radius 1 is 0.828 bits per heavy atom. The maximum atomic E-state index is 13.5. The van der Waals surface area contributed by atoms with Crippen molar-refractivity contribution in [1.82, 2.24) is 0 Å². The first-order valence-electron chi connectivity index (χ1n) is 9.15. The van der Waals surface area contributed by atoms with Crippen molar-refractivity contribution in [3.63, 3.8) is 0 Å². The lowest BCUT2D eigenvalue weighted by molar-refractivity contribution is -0.119. The highest BCUT2D eigenvalue weighted by atomic mass is 35.5. The summed E-state index contributed by atoms with van der Waals surface area (Å²) in [6.45, 7) is 3.96. The Morgan fingerprint density at radius 3 is 2.21 bits per heavy atom. The molecule has 1 aliphatic heterocycles. The van der Waals surface area contributed by atoms with Gasteiger partial charge in [0.25, 0.3) is 11.8 Å². The molecule has 1 aliphatic rings. The van der Waals surface area contributed by atoms with Crippen LogP contribution < -0.4 is 4.90 Å². The lowest BCUT2D eigenvalue weighted by atomic mass is 9.99. The molecule has 0 atom stereocenters. The van der Waals surface area contributed by atoms with Gasteiger partial charge >= 0.3 is 0 Å². The number of halogens is 1. The molecule has 4 rings (SSSR count). The Kier molecular flexibility index (Phi) is 5.31. The Labute approximate surface area is 179 Å². The summed E-state index contributed by atoms with van der Waals surface area (Å²) in [7, 11) is 0. The van der Waals surface area contributed by atoms with E-state index in [0.717, 1.165) is 21.6 Å². The van der Waals surface area contributed by atoms with Crippen LogP contribution in [0, 0.1) is 13.8 Å². The van der Waals surface area contributed by atoms with E-state index in [9.17, 15) is 9.59 Å². The van der Waals surface area contributed by atoms with Crippen LogP contribution in [0.15, 0.2) is 82.6 Å². The molecule has 29 heavy (non-hydrogen) atoms. The molecule has 0 saturated carbocycles. The molecule has 0 aliphatic carbocycles. The van der Waals surface area contributed by atoms with Crippen LogP contribution in [0.3, 0.4) is 0 Å². The number of benzene rings is 3. The fourth-order valence-electron chi connectivity index (χ4n) is 3.39. The van der Waals surface area contributed by atoms with Crippen LogP contribution in [0.2, 0.25) is 5.02 Å². The Hall–Kier alpha value is -2.82. The molecule has 0 saturated heterocycles. The molecule has 5 heteroatoms. The minimum Gasteiger partial charge on any atom is -0.268 e. The van der Waals surface area contributed by atoms with Gasteiger partial charge in [-0.05, 0) is 49.2 Å². The summed E-state index contributed by atoms with van der Waals surface area (Å²) in [5.74, 6) is -0.708. The van der Waals surface area contributed by atoms with Crippen molar-refractivity contribution in [3.8, 4) is 0 Å². The van der Waals surface area contributed by atoms with Gasteiger partial charge in [0.15, 0.2) is 0 Å². The summed E-state index contributed by atoms with van der Waals surface area (Å²) in [6, 6.07) is 22.4. The molecular formula is C24H18ClNO2S. The van der Waals surface area contributed by atoms with Crippen molar-refractivity contribution in [2.75, 3.05) is 4.90 Å². The van der Waals surface area contributed by atoms with Crippen LogP contribution in [0.4, 0.5) is 5.69 Å². The van der Waals surface area contributed by atoms with Crippen LogP contribution >= 0.6 is 23.4 Å². The maximum Gasteiger partial charge on any atom is 0.272 e. The lowest BCUT2D eigenvalue weighted by Crippen LogP contribution is -2.31. The third-order valence-electron chi connectivity index (χ3n) is 4.75. The largest absolute Gasteiger partial charge is 0.272 e. The summed E-state index contributed by atoms with van der Waals surface area (Å²) in [5, 5.41) is 0.361. The second kappa shape index (κ2) is 7.90. The zero-order valence-corrected chi connectivity index (χ0v) is 17.6. The minimum absolute atomic E-state index is 0.353. The summed E-state index contributed by atoms with van der Waals surface area (Å²) in [4.78, 5) is 29.4.